The molecule has 1 aliphatic heterocycles. The van der Waals surface area contributed by atoms with Gasteiger partial charge < -0.3 is 10.2 Å². The van der Waals surface area contributed by atoms with Crippen LogP contribution in [0, 0.1) is 0 Å². The van der Waals surface area contributed by atoms with E-state index < -0.39 is 0 Å². The number of anilines is 1. The molecule has 0 aromatic carbocycles. The fourth-order valence-corrected chi connectivity index (χ4v) is 2.69. The van der Waals surface area contributed by atoms with Crippen molar-refractivity contribution in [1.82, 2.24) is 10.3 Å². The molecule has 1 aromatic rings. The summed E-state index contributed by atoms with van der Waals surface area (Å²) in [6.07, 6.45) is 2.46. The molecule has 100 valence electrons. The Bertz CT molecular complexity index is 418. The van der Waals surface area contributed by atoms with Gasteiger partial charge in [0.15, 0.2) is 0 Å². The molecule has 0 aliphatic carbocycles. The topological polar surface area (TPSA) is 28.2 Å². The number of hydrogen-bond donors (Lipinski definition) is 1. The van der Waals surface area contributed by atoms with Crippen molar-refractivity contribution < 1.29 is 0 Å². The van der Waals surface area contributed by atoms with Gasteiger partial charge in [-0.1, -0.05) is 18.5 Å². The Morgan fingerprint density at radius 3 is 2.83 bits per heavy atom. The quantitative estimate of drug-likeness (QED) is 0.908. The van der Waals surface area contributed by atoms with E-state index in [1.807, 2.05) is 12.1 Å². The highest BCUT2D eigenvalue weighted by molar-refractivity contribution is 6.31. The minimum Gasteiger partial charge on any atom is -0.351 e. The molecule has 0 radical (unpaired) electrons. The van der Waals surface area contributed by atoms with Crippen molar-refractivity contribution >= 4 is 17.4 Å². The van der Waals surface area contributed by atoms with E-state index >= 15 is 0 Å². The largest absolute Gasteiger partial charge is 0.351 e. The molecule has 1 fully saturated rings. The molecular formula is C14H22ClN3. The third-order valence-corrected chi connectivity index (χ3v) is 3.97. The highest BCUT2D eigenvalue weighted by Crippen LogP contribution is 2.33. The summed E-state index contributed by atoms with van der Waals surface area (Å²) in [5, 5.41) is 4.03. The normalized spacial score (nSPS) is 18.3. The van der Waals surface area contributed by atoms with E-state index in [2.05, 4.69) is 31.0 Å². The molecule has 18 heavy (non-hydrogen) atoms. The maximum atomic E-state index is 6.19. The van der Waals surface area contributed by atoms with Crippen molar-refractivity contribution in [2.45, 2.75) is 45.7 Å². The Kier molecular flexibility index (Phi) is 4.13. The number of aromatic nitrogens is 1. The molecule has 0 bridgehead atoms. The zero-order valence-electron chi connectivity index (χ0n) is 11.5. The van der Waals surface area contributed by atoms with Gasteiger partial charge in [0.1, 0.15) is 5.82 Å². The van der Waals surface area contributed by atoms with Crippen LogP contribution >= 0.6 is 11.6 Å². The summed E-state index contributed by atoms with van der Waals surface area (Å²) in [5.74, 6) is 1.05. The number of halogens is 1. The van der Waals surface area contributed by atoms with Crippen molar-refractivity contribution in [3.8, 4) is 0 Å². The average molecular weight is 268 g/mol. The fraction of sp³-hybridized carbons (Fsp3) is 0.643. The van der Waals surface area contributed by atoms with Gasteiger partial charge in [0.25, 0.3) is 0 Å². The summed E-state index contributed by atoms with van der Waals surface area (Å²) in [4.78, 5) is 7.11. The monoisotopic (exact) mass is 267 g/mol. The van der Waals surface area contributed by atoms with Crippen molar-refractivity contribution in [3.05, 3.63) is 22.8 Å². The lowest BCUT2D eigenvalue weighted by Crippen LogP contribution is -2.38. The van der Waals surface area contributed by atoms with Gasteiger partial charge in [0.2, 0.25) is 0 Å². The van der Waals surface area contributed by atoms with Crippen molar-refractivity contribution in [3.63, 3.8) is 0 Å². The third-order valence-electron chi connectivity index (χ3n) is 3.62. The summed E-state index contributed by atoms with van der Waals surface area (Å²) in [5.41, 5.74) is 1.15. The summed E-state index contributed by atoms with van der Waals surface area (Å²) in [6.45, 7) is 9.39. The molecule has 2 heterocycles. The fourth-order valence-electron chi connectivity index (χ4n) is 2.52. The van der Waals surface area contributed by atoms with Crippen LogP contribution in [0.1, 0.15) is 39.3 Å². The number of nitrogens with zero attached hydrogens (tertiary/aromatic N) is 2. The van der Waals surface area contributed by atoms with Crippen molar-refractivity contribution in [2.24, 2.45) is 0 Å². The molecule has 0 unspecified atom stereocenters. The lowest BCUT2D eigenvalue weighted by molar-refractivity contribution is 0.513. The molecule has 0 atom stereocenters. The van der Waals surface area contributed by atoms with Gasteiger partial charge in [0, 0.05) is 18.6 Å². The first-order valence-electron chi connectivity index (χ1n) is 6.68. The molecule has 1 N–H and O–H groups in total. The molecular weight excluding hydrogens is 246 g/mol. The average Bonchev–Trinajstić information content (AvgIpc) is 2.68. The van der Waals surface area contributed by atoms with E-state index in [0.29, 0.717) is 0 Å². The Morgan fingerprint density at radius 1 is 1.44 bits per heavy atom. The summed E-state index contributed by atoms with van der Waals surface area (Å²) in [6, 6.07) is 4.00. The van der Waals surface area contributed by atoms with E-state index in [1.165, 1.54) is 12.8 Å². The van der Waals surface area contributed by atoms with Gasteiger partial charge in [-0.2, -0.15) is 0 Å². The van der Waals surface area contributed by atoms with Crippen LogP contribution in [0.3, 0.4) is 0 Å². The Balaban J connectivity index is 2.23. The number of hydrogen-bond acceptors (Lipinski definition) is 3. The van der Waals surface area contributed by atoms with E-state index in [9.17, 15) is 0 Å². The predicted molar refractivity (Wildman–Crippen MR) is 77.3 cm³/mol. The zero-order valence-corrected chi connectivity index (χ0v) is 12.2. The number of pyridine rings is 1. The molecule has 0 saturated carbocycles. The Hall–Kier alpha value is -0.800. The molecule has 2 rings (SSSR count). The Morgan fingerprint density at radius 2 is 2.22 bits per heavy atom. The van der Waals surface area contributed by atoms with Crippen LogP contribution in [0.4, 0.5) is 5.82 Å². The summed E-state index contributed by atoms with van der Waals surface area (Å²) in [7, 11) is 0. The lowest BCUT2D eigenvalue weighted by Gasteiger charge is -2.33. The van der Waals surface area contributed by atoms with Gasteiger partial charge in [-0.05, 0) is 45.4 Å². The SMILES string of the molecule is CCNCc1nc(N2CCCC2(C)C)ccc1Cl. The van der Waals surface area contributed by atoms with Crippen LogP contribution in [-0.2, 0) is 6.54 Å². The zero-order chi connectivity index (χ0) is 13.2. The van der Waals surface area contributed by atoms with Gasteiger partial charge in [-0.25, -0.2) is 4.98 Å². The predicted octanol–water partition coefficient (Wildman–Crippen LogP) is 3.22. The smallest absolute Gasteiger partial charge is 0.129 e. The molecule has 0 spiro atoms. The van der Waals surface area contributed by atoms with Gasteiger partial charge in [-0.15, -0.1) is 0 Å². The van der Waals surface area contributed by atoms with Gasteiger partial charge >= 0.3 is 0 Å². The second-order valence-electron chi connectivity index (χ2n) is 5.45. The number of rotatable bonds is 4. The van der Waals surface area contributed by atoms with Crippen LogP contribution in [0.25, 0.3) is 0 Å². The van der Waals surface area contributed by atoms with E-state index in [-0.39, 0.29) is 5.54 Å². The summed E-state index contributed by atoms with van der Waals surface area (Å²) >= 11 is 6.19. The van der Waals surface area contributed by atoms with Crippen LogP contribution in [0.15, 0.2) is 12.1 Å². The van der Waals surface area contributed by atoms with Crippen molar-refractivity contribution in [1.29, 1.82) is 0 Å². The van der Waals surface area contributed by atoms with Crippen molar-refractivity contribution in [2.75, 3.05) is 18.0 Å². The van der Waals surface area contributed by atoms with E-state index in [4.69, 9.17) is 16.6 Å². The number of nitrogens with one attached hydrogen (secondary N) is 1. The molecule has 1 saturated heterocycles. The van der Waals surface area contributed by atoms with Crippen LogP contribution < -0.4 is 10.2 Å². The summed E-state index contributed by atoms with van der Waals surface area (Å²) < 4.78 is 0. The standard InChI is InChI=1S/C14H22ClN3/c1-4-16-10-12-11(15)6-7-13(17-12)18-9-5-8-14(18,2)3/h6-7,16H,4-5,8-10H2,1-3H3. The van der Waals surface area contributed by atoms with Gasteiger partial charge in [0.05, 0.1) is 10.7 Å². The first-order chi connectivity index (χ1) is 8.54. The molecule has 0 amide bonds. The van der Waals surface area contributed by atoms with Gasteiger partial charge in [-0.3, -0.25) is 0 Å². The first-order valence-corrected chi connectivity index (χ1v) is 7.06. The third kappa shape index (κ3) is 2.78. The van der Waals surface area contributed by atoms with E-state index in [0.717, 1.165) is 36.2 Å². The minimum atomic E-state index is 0.205. The first kappa shape index (κ1) is 13.6. The molecule has 1 aromatic heterocycles. The van der Waals surface area contributed by atoms with E-state index in [1.54, 1.807) is 0 Å². The Labute approximate surface area is 115 Å². The second kappa shape index (κ2) is 5.45. The highest BCUT2D eigenvalue weighted by Gasteiger charge is 2.32. The second-order valence-corrected chi connectivity index (χ2v) is 5.85. The highest BCUT2D eigenvalue weighted by atomic mass is 35.5. The minimum absolute atomic E-state index is 0.205. The van der Waals surface area contributed by atoms with Crippen LogP contribution in [0.2, 0.25) is 5.02 Å². The maximum absolute atomic E-state index is 6.19. The molecule has 3 nitrogen and oxygen atoms in total. The van der Waals surface area contributed by atoms with Crippen LogP contribution in [0.5, 0.6) is 0 Å². The molecule has 4 heteroatoms. The lowest BCUT2D eigenvalue weighted by atomic mass is 10.0. The molecule has 1 aliphatic rings. The maximum Gasteiger partial charge on any atom is 0.129 e. The van der Waals surface area contributed by atoms with Crippen LogP contribution in [-0.4, -0.2) is 23.6 Å².